The van der Waals surface area contributed by atoms with Gasteiger partial charge in [0.15, 0.2) is 0 Å². The molecule has 5 heteroatoms. The zero-order chi connectivity index (χ0) is 12.4. The largest absolute Gasteiger partial charge is 0.496 e. The van der Waals surface area contributed by atoms with Crippen LogP contribution < -0.4 is 10.5 Å². The number of aromatic nitrogens is 1. The average molecular weight is 313 g/mol. The van der Waals surface area contributed by atoms with Gasteiger partial charge in [0.1, 0.15) is 10.8 Å². The highest BCUT2D eigenvalue weighted by Crippen LogP contribution is 2.33. The van der Waals surface area contributed by atoms with Crippen LogP contribution in [-0.4, -0.2) is 12.1 Å². The lowest BCUT2D eigenvalue weighted by atomic mass is 10.2. The van der Waals surface area contributed by atoms with Crippen molar-refractivity contribution in [3.8, 4) is 16.3 Å². The van der Waals surface area contributed by atoms with Crippen LogP contribution in [0.1, 0.15) is 10.6 Å². The van der Waals surface area contributed by atoms with Crippen LogP contribution >= 0.6 is 27.3 Å². The van der Waals surface area contributed by atoms with E-state index in [-0.39, 0.29) is 0 Å². The average Bonchev–Trinajstić information content (AvgIpc) is 2.70. The molecule has 0 spiro atoms. The van der Waals surface area contributed by atoms with E-state index in [0.29, 0.717) is 6.54 Å². The van der Waals surface area contributed by atoms with Crippen molar-refractivity contribution in [1.29, 1.82) is 0 Å². The van der Waals surface area contributed by atoms with E-state index < -0.39 is 0 Å². The summed E-state index contributed by atoms with van der Waals surface area (Å²) < 4.78 is 6.13. The van der Waals surface area contributed by atoms with E-state index >= 15 is 0 Å². The fraction of sp³-hybridized carbons (Fsp3) is 0.250. The normalized spacial score (nSPS) is 10.6. The molecule has 17 heavy (non-hydrogen) atoms. The van der Waals surface area contributed by atoms with Crippen molar-refractivity contribution in [2.45, 2.75) is 13.5 Å². The molecule has 90 valence electrons. The van der Waals surface area contributed by atoms with Crippen LogP contribution in [0.4, 0.5) is 0 Å². The maximum Gasteiger partial charge on any atom is 0.133 e. The van der Waals surface area contributed by atoms with E-state index in [1.54, 1.807) is 18.4 Å². The minimum atomic E-state index is 0.542. The number of aryl methyl sites for hydroxylation is 1. The summed E-state index contributed by atoms with van der Waals surface area (Å²) in [5.74, 6) is 0.820. The fourth-order valence-corrected chi connectivity index (χ4v) is 3.02. The number of hydrogen-bond donors (Lipinski definition) is 1. The number of nitrogens with two attached hydrogens (primary N) is 1. The van der Waals surface area contributed by atoms with Gasteiger partial charge in [0.25, 0.3) is 0 Å². The Balaban J connectivity index is 2.42. The molecule has 2 aromatic rings. The van der Waals surface area contributed by atoms with E-state index in [1.807, 2.05) is 25.1 Å². The van der Waals surface area contributed by atoms with Gasteiger partial charge >= 0.3 is 0 Å². The molecule has 1 aromatic heterocycles. The summed E-state index contributed by atoms with van der Waals surface area (Å²) in [7, 11) is 1.65. The van der Waals surface area contributed by atoms with Gasteiger partial charge < -0.3 is 10.5 Å². The zero-order valence-electron chi connectivity index (χ0n) is 9.66. The van der Waals surface area contributed by atoms with Crippen molar-refractivity contribution in [1.82, 2.24) is 4.98 Å². The summed E-state index contributed by atoms with van der Waals surface area (Å²) >= 11 is 5.11. The lowest BCUT2D eigenvalue weighted by Crippen LogP contribution is -1.94. The maximum atomic E-state index is 5.66. The molecule has 2 N–H and O–H groups in total. The summed E-state index contributed by atoms with van der Waals surface area (Å²) in [6, 6.07) is 5.94. The third kappa shape index (κ3) is 2.51. The first-order valence-electron chi connectivity index (χ1n) is 5.16. The first kappa shape index (κ1) is 12.5. The maximum absolute atomic E-state index is 5.66. The Morgan fingerprint density at radius 2 is 2.24 bits per heavy atom. The molecule has 0 aliphatic rings. The third-order valence-corrected chi connectivity index (χ3v) is 4.33. The second-order valence-corrected chi connectivity index (χ2v) is 5.52. The van der Waals surface area contributed by atoms with E-state index in [0.717, 1.165) is 31.4 Å². The Bertz CT molecular complexity index is 539. The van der Waals surface area contributed by atoms with E-state index in [2.05, 4.69) is 20.9 Å². The van der Waals surface area contributed by atoms with Crippen molar-refractivity contribution in [3.05, 3.63) is 33.2 Å². The number of rotatable bonds is 3. The van der Waals surface area contributed by atoms with Crippen LogP contribution in [0.3, 0.4) is 0 Å². The minimum absolute atomic E-state index is 0.542. The summed E-state index contributed by atoms with van der Waals surface area (Å²) in [5.41, 5.74) is 7.75. The molecule has 0 amide bonds. The number of benzene rings is 1. The predicted molar refractivity (Wildman–Crippen MR) is 74.4 cm³/mol. The molecule has 0 radical (unpaired) electrons. The number of thiazole rings is 1. The van der Waals surface area contributed by atoms with Crippen molar-refractivity contribution in [3.63, 3.8) is 0 Å². The van der Waals surface area contributed by atoms with Crippen LogP contribution in [0.5, 0.6) is 5.75 Å². The Morgan fingerprint density at radius 1 is 1.47 bits per heavy atom. The number of methoxy groups -OCH3 is 1. The van der Waals surface area contributed by atoms with Gasteiger partial charge in [-0.05, 0) is 41.1 Å². The van der Waals surface area contributed by atoms with Crippen LogP contribution in [0.25, 0.3) is 10.6 Å². The highest BCUT2D eigenvalue weighted by Gasteiger charge is 2.10. The zero-order valence-corrected chi connectivity index (χ0v) is 12.1. The Morgan fingerprint density at radius 3 is 2.76 bits per heavy atom. The molecule has 3 nitrogen and oxygen atoms in total. The molecular formula is C12H13BrN2OS. The number of halogens is 1. The molecule has 0 fully saturated rings. The summed E-state index contributed by atoms with van der Waals surface area (Å²) in [5, 5.41) is 0.992. The van der Waals surface area contributed by atoms with Crippen LogP contribution in [0, 0.1) is 6.92 Å². The number of hydrogen-bond acceptors (Lipinski definition) is 4. The smallest absolute Gasteiger partial charge is 0.133 e. The van der Waals surface area contributed by atoms with Gasteiger partial charge in [0.2, 0.25) is 0 Å². The molecule has 0 saturated carbocycles. The fourth-order valence-electron chi connectivity index (χ4n) is 1.54. The standard InChI is InChI=1S/C12H13BrN2OS/c1-7-11(6-14)17-12(15-7)8-3-4-10(16-2)9(13)5-8/h3-5H,6,14H2,1-2H3. The second kappa shape index (κ2) is 5.16. The van der Waals surface area contributed by atoms with E-state index in [9.17, 15) is 0 Å². The predicted octanol–water partition coefficient (Wildman–Crippen LogP) is 3.35. The Kier molecular flexibility index (Phi) is 3.81. The number of nitrogens with zero attached hydrogens (tertiary/aromatic N) is 1. The minimum Gasteiger partial charge on any atom is -0.496 e. The van der Waals surface area contributed by atoms with Gasteiger partial charge in [-0.2, -0.15) is 0 Å². The Labute approximate surface area is 113 Å². The molecule has 0 bridgehead atoms. The molecular weight excluding hydrogens is 300 g/mol. The highest BCUT2D eigenvalue weighted by molar-refractivity contribution is 9.10. The summed E-state index contributed by atoms with van der Waals surface area (Å²) in [6.07, 6.45) is 0. The highest BCUT2D eigenvalue weighted by atomic mass is 79.9. The molecule has 2 rings (SSSR count). The lowest BCUT2D eigenvalue weighted by molar-refractivity contribution is 0.412. The van der Waals surface area contributed by atoms with Crippen molar-refractivity contribution >= 4 is 27.3 Å². The second-order valence-electron chi connectivity index (χ2n) is 3.58. The van der Waals surface area contributed by atoms with Crippen molar-refractivity contribution in [2.24, 2.45) is 5.73 Å². The van der Waals surface area contributed by atoms with Crippen LogP contribution in [-0.2, 0) is 6.54 Å². The SMILES string of the molecule is COc1ccc(-c2nc(C)c(CN)s2)cc1Br. The molecule has 0 saturated heterocycles. The number of ether oxygens (including phenoxy) is 1. The van der Waals surface area contributed by atoms with E-state index in [1.165, 1.54) is 0 Å². The van der Waals surface area contributed by atoms with Crippen LogP contribution in [0.15, 0.2) is 22.7 Å². The van der Waals surface area contributed by atoms with Gasteiger partial charge in [-0.15, -0.1) is 11.3 Å². The first-order chi connectivity index (χ1) is 8.15. The Hall–Kier alpha value is -0.910. The van der Waals surface area contributed by atoms with Gasteiger partial charge in [-0.25, -0.2) is 4.98 Å². The molecule has 1 aromatic carbocycles. The van der Waals surface area contributed by atoms with Gasteiger partial charge in [-0.3, -0.25) is 0 Å². The third-order valence-electron chi connectivity index (χ3n) is 2.48. The topological polar surface area (TPSA) is 48.1 Å². The van der Waals surface area contributed by atoms with Crippen molar-refractivity contribution < 1.29 is 4.74 Å². The molecule has 0 unspecified atom stereocenters. The van der Waals surface area contributed by atoms with Gasteiger partial charge in [-0.1, -0.05) is 0 Å². The summed E-state index contributed by atoms with van der Waals surface area (Å²) in [6.45, 7) is 2.53. The lowest BCUT2D eigenvalue weighted by Gasteiger charge is -2.04. The molecule has 0 aliphatic heterocycles. The first-order valence-corrected chi connectivity index (χ1v) is 6.77. The van der Waals surface area contributed by atoms with Crippen LogP contribution in [0.2, 0.25) is 0 Å². The monoisotopic (exact) mass is 312 g/mol. The van der Waals surface area contributed by atoms with Crippen molar-refractivity contribution in [2.75, 3.05) is 7.11 Å². The summed E-state index contributed by atoms with van der Waals surface area (Å²) in [4.78, 5) is 5.66. The van der Waals surface area contributed by atoms with E-state index in [4.69, 9.17) is 10.5 Å². The van der Waals surface area contributed by atoms with Gasteiger partial charge in [0, 0.05) is 17.0 Å². The molecule has 0 aliphatic carbocycles. The molecule has 0 atom stereocenters. The van der Waals surface area contributed by atoms with Gasteiger partial charge in [0.05, 0.1) is 17.3 Å². The molecule has 1 heterocycles. The quantitative estimate of drug-likeness (QED) is 0.945.